The summed E-state index contributed by atoms with van der Waals surface area (Å²) in [5.41, 5.74) is -0.00760. The molecule has 0 spiro atoms. The number of aromatic nitrogens is 2. The molecule has 0 N–H and O–H groups in total. The maximum atomic E-state index is 14.6. The zero-order valence-corrected chi connectivity index (χ0v) is 14.9. The molecule has 1 aromatic heterocycles. The number of thioether (sulfide) groups is 1. The van der Waals surface area contributed by atoms with Crippen molar-refractivity contribution in [3.8, 4) is 5.75 Å². The van der Waals surface area contributed by atoms with Crippen molar-refractivity contribution in [3.63, 3.8) is 0 Å². The van der Waals surface area contributed by atoms with E-state index < -0.39 is 18.8 Å². The van der Waals surface area contributed by atoms with Gasteiger partial charge in [0.25, 0.3) is 6.43 Å². The lowest BCUT2D eigenvalue weighted by Gasteiger charge is -2.22. The minimum atomic E-state index is -2.56. The largest absolute Gasteiger partial charge is 0.489 e. The molecule has 1 aromatic carbocycles. The summed E-state index contributed by atoms with van der Waals surface area (Å²) in [7, 11) is 0. The third-order valence-corrected chi connectivity index (χ3v) is 5.22. The van der Waals surface area contributed by atoms with E-state index in [9.17, 15) is 13.2 Å². The SMILES string of the molecule is CSc1nc2c3c(c(Cl)c(Br)c(F)c3n1)OCCN2CC(F)F. The minimum absolute atomic E-state index is 0.00760. The van der Waals surface area contributed by atoms with Crippen LogP contribution in [0.5, 0.6) is 5.75 Å². The standard InChI is InChI=1S/C13H10BrClF3N3OS/c1-23-13-19-10-6-11(8(15)7(14)9(10)18)22-3-2-21(4-5(16)17)12(6)20-13/h5H,2-4H2,1H3. The number of anilines is 1. The van der Waals surface area contributed by atoms with Crippen molar-refractivity contribution in [2.24, 2.45) is 0 Å². The highest BCUT2D eigenvalue weighted by Crippen LogP contribution is 2.45. The highest BCUT2D eigenvalue weighted by molar-refractivity contribution is 9.10. The first-order valence-corrected chi connectivity index (χ1v) is 8.91. The molecule has 0 saturated carbocycles. The summed E-state index contributed by atoms with van der Waals surface area (Å²) in [6, 6.07) is 0. The van der Waals surface area contributed by atoms with Crippen LogP contribution in [0.1, 0.15) is 0 Å². The van der Waals surface area contributed by atoms with Gasteiger partial charge in [0.1, 0.15) is 23.0 Å². The number of nitrogens with zero attached hydrogens (tertiary/aromatic N) is 3. The minimum Gasteiger partial charge on any atom is -0.489 e. The molecule has 0 fully saturated rings. The van der Waals surface area contributed by atoms with E-state index >= 15 is 0 Å². The second-order valence-corrected chi connectivity index (χ2v) is 6.66. The van der Waals surface area contributed by atoms with Gasteiger partial charge in [-0.25, -0.2) is 23.1 Å². The third kappa shape index (κ3) is 2.94. The lowest BCUT2D eigenvalue weighted by Crippen LogP contribution is -2.32. The molecule has 0 bridgehead atoms. The molecule has 0 aliphatic carbocycles. The molecule has 0 atom stereocenters. The van der Waals surface area contributed by atoms with Crippen molar-refractivity contribution in [3.05, 3.63) is 15.3 Å². The average Bonchev–Trinajstić information content (AvgIpc) is 2.70. The Kier molecular flexibility index (Phi) is 4.80. The average molecular weight is 429 g/mol. The molecule has 2 heterocycles. The normalized spacial score (nSPS) is 14.3. The van der Waals surface area contributed by atoms with Gasteiger partial charge in [-0.05, 0) is 22.2 Å². The quantitative estimate of drug-likeness (QED) is 0.412. The lowest BCUT2D eigenvalue weighted by molar-refractivity contribution is 0.153. The molecule has 124 valence electrons. The second kappa shape index (κ2) is 6.52. The molecule has 0 saturated heterocycles. The second-order valence-electron chi connectivity index (χ2n) is 4.71. The Morgan fingerprint density at radius 3 is 2.83 bits per heavy atom. The van der Waals surface area contributed by atoms with Gasteiger partial charge in [-0.1, -0.05) is 23.4 Å². The van der Waals surface area contributed by atoms with E-state index in [4.69, 9.17) is 16.3 Å². The van der Waals surface area contributed by atoms with Gasteiger partial charge >= 0.3 is 0 Å². The van der Waals surface area contributed by atoms with Crippen LogP contribution in [0.4, 0.5) is 19.0 Å². The maximum Gasteiger partial charge on any atom is 0.255 e. The molecule has 4 nitrogen and oxygen atoms in total. The summed E-state index contributed by atoms with van der Waals surface area (Å²) in [5, 5.41) is 0.537. The van der Waals surface area contributed by atoms with Gasteiger partial charge in [-0.3, -0.25) is 0 Å². The highest BCUT2D eigenvalue weighted by atomic mass is 79.9. The number of benzene rings is 1. The van der Waals surface area contributed by atoms with Crippen LogP contribution in [0.3, 0.4) is 0 Å². The topological polar surface area (TPSA) is 38.3 Å². The monoisotopic (exact) mass is 427 g/mol. The smallest absolute Gasteiger partial charge is 0.255 e. The van der Waals surface area contributed by atoms with Crippen LogP contribution in [-0.2, 0) is 0 Å². The molecular formula is C13H10BrClF3N3OS. The van der Waals surface area contributed by atoms with Crippen LogP contribution in [-0.4, -0.2) is 42.3 Å². The van der Waals surface area contributed by atoms with Gasteiger partial charge in [0.05, 0.1) is 22.9 Å². The molecule has 2 aromatic rings. The van der Waals surface area contributed by atoms with Crippen LogP contribution < -0.4 is 9.64 Å². The fourth-order valence-electron chi connectivity index (χ4n) is 2.37. The molecule has 0 amide bonds. The number of rotatable bonds is 3. The van der Waals surface area contributed by atoms with Gasteiger partial charge in [0.15, 0.2) is 16.7 Å². The summed E-state index contributed by atoms with van der Waals surface area (Å²) in [4.78, 5) is 9.80. The lowest BCUT2D eigenvalue weighted by atomic mass is 10.2. The number of hydrogen-bond donors (Lipinski definition) is 0. The first-order valence-electron chi connectivity index (χ1n) is 6.52. The van der Waals surface area contributed by atoms with Crippen LogP contribution in [0, 0.1) is 5.82 Å². The summed E-state index contributed by atoms with van der Waals surface area (Å²) in [6.07, 6.45) is -0.836. The number of hydrogen-bond acceptors (Lipinski definition) is 5. The van der Waals surface area contributed by atoms with E-state index in [0.29, 0.717) is 0 Å². The fourth-order valence-corrected chi connectivity index (χ4v) is 3.33. The molecule has 0 unspecified atom stereocenters. The molecule has 1 aliphatic rings. The van der Waals surface area contributed by atoms with E-state index in [1.807, 2.05) is 0 Å². The van der Waals surface area contributed by atoms with E-state index in [2.05, 4.69) is 25.9 Å². The Balaban J connectivity index is 2.37. The van der Waals surface area contributed by atoms with Gasteiger partial charge < -0.3 is 9.64 Å². The van der Waals surface area contributed by atoms with Crippen molar-refractivity contribution in [1.29, 1.82) is 0 Å². The van der Waals surface area contributed by atoms with E-state index in [-0.39, 0.29) is 50.3 Å². The number of ether oxygens (including phenoxy) is 1. The summed E-state index contributed by atoms with van der Waals surface area (Å²) >= 11 is 10.4. The molecule has 0 radical (unpaired) electrons. The van der Waals surface area contributed by atoms with Crippen molar-refractivity contribution >= 4 is 56.0 Å². The maximum absolute atomic E-state index is 14.6. The van der Waals surface area contributed by atoms with Gasteiger partial charge in [0.2, 0.25) is 0 Å². The van der Waals surface area contributed by atoms with Crippen molar-refractivity contribution in [2.45, 2.75) is 11.6 Å². The van der Waals surface area contributed by atoms with Gasteiger partial charge in [-0.15, -0.1) is 0 Å². The Morgan fingerprint density at radius 2 is 2.17 bits per heavy atom. The molecule has 10 heteroatoms. The van der Waals surface area contributed by atoms with Crippen LogP contribution in [0.25, 0.3) is 10.9 Å². The molecule has 3 rings (SSSR count). The van der Waals surface area contributed by atoms with Crippen LogP contribution in [0.15, 0.2) is 9.63 Å². The van der Waals surface area contributed by atoms with E-state index in [1.54, 1.807) is 6.26 Å². The molecular weight excluding hydrogens is 419 g/mol. The number of alkyl halides is 2. The Bertz CT molecular complexity index is 780. The summed E-state index contributed by atoms with van der Waals surface area (Å²) in [5.74, 6) is -0.259. The van der Waals surface area contributed by atoms with Crippen molar-refractivity contribution in [1.82, 2.24) is 9.97 Å². The first kappa shape index (κ1) is 16.9. The van der Waals surface area contributed by atoms with Crippen LogP contribution in [0.2, 0.25) is 5.02 Å². The number of halogens is 5. The van der Waals surface area contributed by atoms with E-state index in [0.717, 1.165) is 0 Å². The zero-order valence-electron chi connectivity index (χ0n) is 11.7. The zero-order chi connectivity index (χ0) is 16.7. The van der Waals surface area contributed by atoms with Gasteiger partial charge in [-0.2, -0.15) is 0 Å². The van der Waals surface area contributed by atoms with Crippen LogP contribution >= 0.6 is 39.3 Å². The summed E-state index contributed by atoms with van der Waals surface area (Å²) < 4.78 is 45.9. The molecule has 23 heavy (non-hydrogen) atoms. The fraction of sp³-hybridized carbons (Fsp3) is 0.385. The Hall–Kier alpha value is -0.930. The van der Waals surface area contributed by atoms with E-state index in [1.165, 1.54) is 16.7 Å². The Labute approximate surface area is 147 Å². The predicted octanol–water partition coefficient (Wildman–Crippen LogP) is 4.37. The highest BCUT2D eigenvalue weighted by Gasteiger charge is 2.29. The van der Waals surface area contributed by atoms with Crippen molar-refractivity contribution < 1.29 is 17.9 Å². The predicted molar refractivity (Wildman–Crippen MR) is 87.7 cm³/mol. The van der Waals surface area contributed by atoms with Crippen molar-refractivity contribution in [2.75, 3.05) is 30.9 Å². The molecule has 1 aliphatic heterocycles. The third-order valence-electron chi connectivity index (χ3n) is 3.34. The summed E-state index contributed by atoms with van der Waals surface area (Å²) in [6.45, 7) is -0.211. The Morgan fingerprint density at radius 1 is 1.43 bits per heavy atom. The first-order chi connectivity index (χ1) is 10.9. The van der Waals surface area contributed by atoms with Gasteiger partial charge in [0, 0.05) is 0 Å².